The van der Waals surface area contributed by atoms with E-state index in [1.54, 1.807) is 12.1 Å². The first-order chi connectivity index (χ1) is 12.0. The van der Waals surface area contributed by atoms with E-state index < -0.39 is 18.0 Å². The Bertz CT molecular complexity index is 788. The molecule has 1 fully saturated rings. The molecule has 1 aliphatic heterocycles. The molecule has 3 rings (SSSR count). The number of cyclic esters (lactones) is 1. The summed E-state index contributed by atoms with van der Waals surface area (Å²) in [5.41, 5.74) is 2.30. The first kappa shape index (κ1) is 16.7. The van der Waals surface area contributed by atoms with E-state index in [1.807, 2.05) is 49.4 Å². The van der Waals surface area contributed by atoms with Gasteiger partial charge in [0.05, 0.1) is 12.6 Å². The van der Waals surface area contributed by atoms with Crippen molar-refractivity contribution < 1.29 is 19.1 Å². The fourth-order valence-corrected chi connectivity index (χ4v) is 2.69. The molecule has 0 radical (unpaired) electrons. The zero-order valence-electron chi connectivity index (χ0n) is 13.8. The summed E-state index contributed by atoms with van der Waals surface area (Å²) >= 11 is 0. The van der Waals surface area contributed by atoms with Crippen molar-refractivity contribution in [1.82, 2.24) is 10.2 Å². The van der Waals surface area contributed by atoms with Crippen LogP contribution < -0.4 is 5.32 Å². The standard InChI is InChI=1S/C19H18N2O4/c1-13-6-5-9-15(10-13)18(23)20-16(14-7-3-2-4-8-14)11-21-17(22)12-25-19(21)24/h2-10,16H,11-12H2,1H3,(H,20,23). The van der Waals surface area contributed by atoms with Crippen molar-refractivity contribution >= 4 is 17.9 Å². The topological polar surface area (TPSA) is 75.7 Å². The summed E-state index contributed by atoms with van der Waals surface area (Å²) in [6.45, 7) is 1.68. The van der Waals surface area contributed by atoms with Crippen LogP contribution in [0.25, 0.3) is 0 Å². The number of amides is 3. The van der Waals surface area contributed by atoms with Gasteiger partial charge in [-0.15, -0.1) is 0 Å². The number of hydrogen-bond donors (Lipinski definition) is 1. The van der Waals surface area contributed by atoms with Gasteiger partial charge in [0.1, 0.15) is 0 Å². The van der Waals surface area contributed by atoms with Crippen molar-refractivity contribution in [3.05, 3.63) is 71.3 Å². The van der Waals surface area contributed by atoms with E-state index in [0.29, 0.717) is 5.56 Å². The van der Waals surface area contributed by atoms with Gasteiger partial charge in [-0.05, 0) is 24.6 Å². The first-order valence-corrected chi connectivity index (χ1v) is 7.94. The van der Waals surface area contributed by atoms with E-state index in [1.165, 1.54) is 0 Å². The van der Waals surface area contributed by atoms with Gasteiger partial charge in [0, 0.05) is 5.56 Å². The molecule has 1 saturated heterocycles. The number of rotatable bonds is 5. The smallest absolute Gasteiger partial charge is 0.417 e. The molecule has 1 unspecified atom stereocenters. The highest BCUT2D eigenvalue weighted by atomic mass is 16.6. The molecule has 1 heterocycles. The average Bonchev–Trinajstić information content (AvgIpc) is 2.93. The van der Waals surface area contributed by atoms with Gasteiger partial charge >= 0.3 is 6.09 Å². The Hall–Kier alpha value is -3.15. The SMILES string of the molecule is Cc1cccc(C(=O)NC(CN2C(=O)COC2=O)c2ccccc2)c1. The number of imide groups is 1. The Morgan fingerprint density at radius 3 is 2.56 bits per heavy atom. The lowest BCUT2D eigenvalue weighted by molar-refractivity contribution is -0.126. The van der Waals surface area contributed by atoms with Crippen molar-refractivity contribution in [2.24, 2.45) is 0 Å². The molecule has 6 nitrogen and oxygen atoms in total. The Labute approximate surface area is 145 Å². The summed E-state index contributed by atoms with van der Waals surface area (Å²) < 4.78 is 4.74. The van der Waals surface area contributed by atoms with Gasteiger partial charge in [-0.3, -0.25) is 9.59 Å². The van der Waals surface area contributed by atoms with E-state index in [-0.39, 0.29) is 19.1 Å². The van der Waals surface area contributed by atoms with Crippen LogP contribution in [0.2, 0.25) is 0 Å². The summed E-state index contributed by atoms with van der Waals surface area (Å²) in [4.78, 5) is 37.2. The molecule has 1 atom stereocenters. The second-order valence-corrected chi connectivity index (χ2v) is 5.87. The average molecular weight is 338 g/mol. The van der Waals surface area contributed by atoms with Crippen LogP contribution in [0, 0.1) is 6.92 Å². The number of carbonyl (C=O) groups excluding carboxylic acids is 3. The zero-order chi connectivity index (χ0) is 17.8. The molecule has 0 spiro atoms. The minimum Gasteiger partial charge on any atom is -0.439 e. The van der Waals surface area contributed by atoms with Crippen molar-refractivity contribution in [3.8, 4) is 0 Å². The summed E-state index contributed by atoms with van der Waals surface area (Å²) in [6, 6.07) is 15.9. The predicted molar refractivity (Wildman–Crippen MR) is 90.9 cm³/mol. The van der Waals surface area contributed by atoms with Gasteiger partial charge in [0.2, 0.25) is 0 Å². The largest absolute Gasteiger partial charge is 0.439 e. The Morgan fingerprint density at radius 1 is 1.16 bits per heavy atom. The lowest BCUT2D eigenvalue weighted by Crippen LogP contribution is -2.40. The summed E-state index contributed by atoms with van der Waals surface area (Å²) in [5, 5.41) is 2.90. The van der Waals surface area contributed by atoms with E-state index in [0.717, 1.165) is 16.0 Å². The Morgan fingerprint density at radius 2 is 1.92 bits per heavy atom. The molecule has 2 aromatic carbocycles. The van der Waals surface area contributed by atoms with Crippen LogP contribution in [0.1, 0.15) is 27.5 Å². The second-order valence-electron chi connectivity index (χ2n) is 5.87. The molecular formula is C19H18N2O4. The maximum atomic E-state index is 12.6. The van der Waals surface area contributed by atoms with E-state index in [4.69, 9.17) is 4.74 Å². The summed E-state index contributed by atoms with van der Waals surface area (Å²) in [5.74, 6) is -0.673. The number of carbonyl (C=O) groups is 3. The minimum absolute atomic E-state index is 0.0270. The Kier molecular flexibility index (Phi) is 4.79. The number of ether oxygens (including phenoxy) is 1. The van der Waals surface area contributed by atoms with Crippen LogP contribution in [-0.2, 0) is 9.53 Å². The van der Waals surface area contributed by atoms with Crippen LogP contribution >= 0.6 is 0 Å². The zero-order valence-corrected chi connectivity index (χ0v) is 13.8. The third kappa shape index (κ3) is 3.85. The molecule has 1 aliphatic rings. The molecular weight excluding hydrogens is 320 g/mol. The highest BCUT2D eigenvalue weighted by molar-refractivity contribution is 5.98. The molecule has 2 aromatic rings. The van der Waals surface area contributed by atoms with E-state index in [2.05, 4.69) is 5.32 Å². The third-order valence-corrected chi connectivity index (χ3v) is 3.99. The number of nitrogens with zero attached hydrogens (tertiary/aromatic N) is 1. The maximum Gasteiger partial charge on any atom is 0.417 e. The Balaban J connectivity index is 1.83. The molecule has 0 aliphatic carbocycles. The third-order valence-electron chi connectivity index (χ3n) is 3.99. The summed E-state index contributed by atoms with van der Waals surface area (Å²) in [6.07, 6.45) is -0.685. The second kappa shape index (κ2) is 7.17. The van der Waals surface area contributed by atoms with Gasteiger partial charge in [0.15, 0.2) is 6.61 Å². The predicted octanol–water partition coefficient (Wildman–Crippen LogP) is 2.44. The molecule has 0 aromatic heterocycles. The molecule has 3 amide bonds. The number of nitrogens with one attached hydrogen (secondary N) is 1. The summed E-state index contributed by atoms with van der Waals surface area (Å²) in [7, 11) is 0. The van der Waals surface area contributed by atoms with Gasteiger partial charge in [-0.25, -0.2) is 9.69 Å². The van der Waals surface area contributed by atoms with Gasteiger partial charge in [0.25, 0.3) is 11.8 Å². The van der Waals surface area contributed by atoms with Crippen LogP contribution in [0.5, 0.6) is 0 Å². The van der Waals surface area contributed by atoms with Gasteiger partial charge in [-0.1, -0.05) is 48.0 Å². The van der Waals surface area contributed by atoms with Crippen molar-refractivity contribution in [2.45, 2.75) is 13.0 Å². The van der Waals surface area contributed by atoms with Crippen LogP contribution in [0.15, 0.2) is 54.6 Å². The van der Waals surface area contributed by atoms with E-state index >= 15 is 0 Å². The van der Waals surface area contributed by atoms with Crippen molar-refractivity contribution in [2.75, 3.05) is 13.2 Å². The molecule has 6 heteroatoms. The monoisotopic (exact) mass is 338 g/mol. The van der Waals surface area contributed by atoms with Gasteiger partial charge in [-0.2, -0.15) is 0 Å². The minimum atomic E-state index is -0.685. The van der Waals surface area contributed by atoms with Crippen LogP contribution in [-0.4, -0.2) is 36.0 Å². The van der Waals surface area contributed by atoms with Gasteiger partial charge < -0.3 is 10.1 Å². The molecule has 0 bridgehead atoms. The number of aryl methyl sites for hydroxylation is 1. The first-order valence-electron chi connectivity index (χ1n) is 7.94. The van der Waals surface area contributed by atoms with Crippen LogP contribution in [0.3, 0.4) is 0 Å². The molecule has 1 N–H and O–H groups in total. The number of benzene rings is 2. The highest BCUT2D eigenvalue weighted by Crippen LogP contribution is 2.18. The number of hydrogen-bond acceptors (Lipinski definition) is 4. The lowest BCUT2D eigenvalue weighted by Gasteiger charge is -2.23. The lowest BCUT2D eigenvalue weighted by atomic mass is 10.0. The quantitative estimate of drug-likeness (QED) is 0.908. The molecule has 0 saturated carbocycles. The fourth-order valence-electron chi connectivity index (χ4n) is 2.69. The van der Waals surface area contributed by atoms with Crippen LogP contribution in [0.4, 0.5) is 4.79 Å². The highest BCUT2D eigenvalue weighted by Gasteiger charge is 2.33. The molecule has 25 heavy (non-hydrogen) atoms. The van der Waals surface area contributed by atoms with Crippen molar-refractivity contribution in [3.63, 3.8) is 0 Å². The van der Waals surface area contributed by atoms with Crippen molar-refractivity contribution in [1.29, 1.82) is 0 Å². The normalized spacial score (nSPS) is 15.0. The fraction of sp³-hybridized carbons (Fsp3) is 0.211. The maximum absolute atomic E-state index is 12.6. The molecule has 128 valence electrons. The van der Waals surface area contributed by atoms with E-state index in [9.17, 15) is 14.4 Å².